The molecule has 0 saturated carbocycles. The topological polar surface area (TPSA) is 54.4 Å². The number of aryl methyl sites for hydroxylation is 2. The molecule has 0 atom stereocenters. The fourth-order valence-corrected chi connectivity index (χ4v) is 3.47. The van der Waals surface area contributed by atoms with Crippen LogP contribution in [-0.2, 0) is 9.84 Å². The first kappa shape index (κ1) is 14.2. The minimum atomic E-state index is -3.17. The second-order valence-corrected chi connectivity index (χ2v) is 6.45. The number of unbranched alkanes of at least 4 members (excludes halogenated alkanes) is 2. The van der Waals surface area contributed by atoms with Gasteiger partial charge in [-0.3, -0.25) is 0 Å². The van der Waals surface area contributed by atoms with Gasteiger partial charge in [0, 0.05) is 6.61 Å². The first-order valence-corrected chi connectivity index (χ1v) is 7.53. The predicted molar refractivity (Wildman–Crippen MR) is 68.9 cm³/mol. The van der Waals surface area contributed by atoms with E-state index in [-0.39, 0.29) is 12.4 Å². The van der Waals surface area contributed by atoms with Gasteiger partial charge in [0.15, 0.2) is 9.84 Å². The molecule has 0 spiro atoms. The fraction of sp³-hybridized carbons (Fsp3) is 0.538. The van der Waals surface area contributed by atoms with Crippen molar-refractivity contribution in [2.24, 2.45) is 0 Å². The molecular weight excluding hydrogens is 236 g/mol. The van der Waals surface area contributed by atoms with Crippen LogP contribution in [0.4, 0.5) is 0 Å². The molecular formula is C13H20O3S. The molecule has 0 unspecified atom stereocenters. The van der Waals surface area contributed by atoms with Crippen molar-refractivity contribution in [3.05, 3.63) is 29.3 Å². The average molecular weight is 256 g/mol. The maximum atomic E-state index is 12.1. The molecule has 0 aliphatic heterocycles. The molecule has 96 valence electrons. The first-order chi connectivity index (χ1) is 7.97. The van der Waals surface area contributed by atoms with Crippen LogP contribution in [0.1, 0.15) is 30.4 Å². The van der Waals surface area contributed by atoms with Crippen molar-refractivity contribution >= 4 is 9.84 Å². The monoisotopic (exact) mass is 256 g/mol. The third-order valence-corrected chi connectivity index (χ3v) is 4.69. The molecule has 3 nitrogen and oxygen atoms in total. The summed E-state index contributed by atoms with van der Waals surface area (Å²) in [6.45, 7) is 3.90. The van der Waals surface area contributed by atoms with Gasteiger partial charge in [-0.2, -0.15) is 0 Å². The number of sulfone groups is 1. The van der Waals surface area contributed by atoms with Crippen molar-refractivity contribution in [1.29, 1.82) is 0 Å². The van der Waals surface area contributed by atoms with Gasteiger partial charge < -0.3 is 5.11 Å². The predicted octanol–water partition coefficient (Wildman–Crippen LogP) is 2.24. The van der Waals surface area contributed by atoms with Crippen LogP contribution in [-0.4, -0.2) is 25.9 Å². The number of benzene rings is 1. The van der Waals surface area contributed by atoms with E-state index in [0.717, 1.165) is 17.5 Å². The second-order valence-electron chi connectivity index (χ2n) is 4.37. The third kappa shape index (κ3) is 4.13. The van der Waals surface area contributed by atoms with Crippen LogP contribution in [0.3, 0.4) is 0 Å². The lowest BCUT2D eigenvalue weighted by Crippen LogP contribution is -2.08. The highest BCUT2D eigenvalue weighted by molar-refractivity contribution is 7.91. The van der Waals surface area contributed by atoms with E-state index in [9.17, 15) is 8.42 Å². The van der Waals surface area contributed by atoms with Crippen molar-refractivity contribution < 1.29 is 13.5 Å². The Labute approximate surface area is 103 Å². The van der Waals surface area contributed by atoms with E-state index in [0.29, 0.717) is 17.7 Å². The Hall–Kier alpha value is -0.870. The van der Waals surface area contributed by atoms with Gasteiger partial charge >= 0.3 is 0 Å². The summed E-state index contributed by atoms with van der Waals surface area (Å²) in [4.78, 5) is 0.437. The largest absolute Gasteiger partial charge is 0.396 e. The normalized spacial score (nSPS) is 11.7. The first-order valence-electron chi connectivity index (χ1n) is 5.88. The molecule has 0 aliphatic carbocycles. The summed E-state index contributed by atoms with van der Waals surface area (Å²) in [6, 6.07) is 5.40. The van der Waals surface area contributed by atoms with Crippen LogP contribution >= 0.6 is 0 Å². The van der Waals surface area contributed by atoms with Crippen molar-refractivity contribution in [3.8, 4) is 0 Å². The summed E-state index contributed by atoms with van der Waals surface area (Å²) in [5.74, 6) is 0.164. The van der Waals surface area contributed by atoms with Crippen LogP contribution < -0.4 is 0 Å². The third-order valence-electron chi connectivity index (χ3n) is 2.74. The minimum absolute atomic E-state index is 0.129. The summed E-state index contributed by atoms with van der Waals surface area (Å²) in [5.41, 5.74) is 1.88. The Morgan fingerprint density at radius 2 is 1.82 bits per heavy atom. The molecule has 17 heavy (non-hydrogen) atoms. The highest BCUT2D eigenvalue weighted by Gasteiger charge is 2.16. The van der Waals surface area contributed by atoms with Gasteiger partial charge in [0.1, 0.15) is 0 Å². The van der Waals surface area contributed by atoms with Gasteiger partial charge in [-0.25, -0.2) is 8.42 Å². The van der Waals surface area contributed by atoms with Crippen LogP contribution in [0, 0.1) is 13.8 Å². The van der Waals surface area contributed by atoms with Gasteiger partial charge in [-0.1, -0.05) is 24.1 Å². The zero-order chi connectivity index (χ0) is 12.9. The highest BCUT2D eigenvalue weighted by atomic mass is 32.2. The minimum Gasteiger partial charge on any atom is -0.396 e. The SMILES string of the molecule is Cc1ccc(S(=O)(=O)CCCCCO)c(C)c1. The van der Waals surface area contributed by atoms with Crippen molar-refractivity contribution in [2.75, 3.05) is 12.4 Å². The number of aliphatic hydroxyl groups excluding tert-OH is 1. The van der Waals surface area contributed by atoms with Gasteiger partial charge in [0.05, 0.1) is 10.6 Å². The van der Waals surface area contributed by atoms with E-state index >= 15 is 0 Å². The zero-order valence-corrected chi connectivity index (χ0v) is 11.3. The summed E-state index contributed by atoms with van der Waals surface area (Å²) < 4.78 is 24.1. The standard InChI is InChI=1S/C13H20O3S/c1-11-6-7-13(12(2)10-11)17(15,16)9-5-3-4-8-14/h6-7,10,14H,3-5,8-9H2,1-2H3. The Balaban J connectivity index is 2.76. The molecule has 1 aromatic rings. The van der Waals surface area contributed by atoms with E-state index in [2.05, 4.69) is 0 Å². The molecule has 1 N–H and O–H groups in total. The molecule has 0 fully saturated rings. The van der Waals surface area contributed by atoms with Crippen LogP contribution in [0.5, 0.6) is 0 Å². The van der Waals surface area contributed by atoms with Crippen molar-refractivity contribution in [2.45, 2.75) is 38.0 Å². The quantitative estimate of drug-likeness (QED) is 0.794. The molecule has 1 aromatic carbocycles. The second kappa shape index (κ2) is 6.17. The number of rotatable bonds is 6. The number of hydrogen-bond acceptors (Lipinski definition) is 3. The van der Waals surface area contributed by atoms with E-state index in [1.54, 1.807) is 6.07 Å². The molecule has 0 heterocycles. The van der Waals surface area contributed by atoms with E-state index in [4.69, 9.17) is 5.11 Å². The summed E-state index contributed by atoms with van der Waals surface area (Å²) >= 11 is 0. The summed E-state index contributed by atoms with van der Waals surface area (Å²) in [7, 11) is -3.17. The van der Waals surface area contributed by atoms with Crippen molar-refractivity contribution in [3.63, 3.8) is 0 Å². The Bertz CT molecular complexity index is 464. The molecule has 0 bridgehead atoms. The Morgan fingerprint density at radius 1 is 1.12 bits per heavy atom. The highest BCUT2D eigenvalue weighted by Crippen LogP contribution is 2.19. The van der Waals surface area contributed by atoms with Gasteiger partial charge in [-0.05, 0) is 38.3 Å². The lowest BCUT2D eigenvalue weighted by Gasteiger charge is -2.08. The molecule has 0 saturated heterocycles. The van der Waals surface area contributed by atoms with Gasteiger partial charge in [0.2, 0.25) is 0 Å². The summed E-state index contributed by atoms with van der Waals surface area (Å²) in [5, 5.41) is 8.64. The molecule has 1 rings (SSSR count). The van der Waals surface area contributed by atoms with E-state index in [1.807, 2.05) is 26.0 Å². The lowest BCUT2D eigenvalue weighted by atomic mass is 10.2. The number of aliphatic hydroxyl groups is 1. The van der Waals surface area contributed by atoms with Gasteiger partial charge in [-0.15, -0.1) is 0 Å². The lowest BCUT2D eigenvalue weighted by molar-refractivity contribution is 0.284. The smallest absolute Gasteiger partial charge is 0.178 e. The Kier molecular flexibility index (Phi) is 5.15. The van der Waals surface area contributed by atoms with E-state index < -0.39 is 9.84 Å². The van der Waals surface area contributed by atoms with Crippen molar-refractivity contribution in [1.82, 2.24) is 0 Å². The molecule has 0 aromatic heterocycles. The molecule has 0 amide bonds. The van der Waals surface area contributed by atoms with Crippen LogP contribution in [0.25, 0.3) is 0 Å². The Morgan fingerprint density at radius 3 is 2.41 bits per heavy atom. The molecule has 4 heteroatoms. The maximum Gasteiger partial charge on any atom is 0.178 e. The zero-order valence-electron chi connectivity index (χ0n) is 10.4. The van der Waals surface area contributed by atoms with Gasteiger partial charge in [0.25, 0.3) is 0 Å². The average Bonchev–Trinajstić information content (AvgIpc) is 2.24. The van der Waals surface area contributed by atoms with Crippen LogP contribution in [0.2, 0.25) is 0 Å². The number of hydrogen-bond donors (Lipinski definition) is 1. The fourth-order valence-electron chi connectivity index (χ4n) is 1.84. The summed E-state index contributed by atoms with van der Waals surface area (Å²) in [6.07, 6.45) is 2.03. The van der Waals surface area contributed by atoms with Crippen LogP contribution in [0.15, 0.2) is 23.1 Å². The van der Waals surface area contributed by atoms with E-state index in [1.165, 1.54) is 0 Å². The molecule has 0 radical (unpaired) electrons. The maximum absolute atomic E-state index is 12.1. The molecule has 0 aliphatic rings.